The van der Waals surface area contributed by atoms with Gasteiger partial charge in [-0.1, -0.05) is 41.6 Å². The van der Waals surface area contributed by atoms with Crippen molar-refractivity contribution in [2.24, 2.45) is 0 Å². The number of hydrogen-bond donors (Lipinski definition) is 1. The van der Waals surface area contributed by atoms with Gasteiger partial charge in [0.1, 0.15) is 5.69 Å². The van der Waals surface area contributed by atoms with Gasteiger partial charge >= 0.3 is 0 Å². The minimum atomic E-state index is -0.211. The van der Waals surface area contributed by atoms with Crippen LogP contribution < -0.4 is 10.9 Å². The van der Waals surface area contributed by atoms with Gasteiger partial charge in [0.2, 0.25) is 5.91 Å². The van der Waals surface area contributed by atoms with E-state index in [1.807, 2.05) is 60.7 Å². The van der Waals surface area contributed by atoms with E-state index in [1.54, 1.807) is 12.3 Å². The average molecular weight is 425 g/mol. The topological polar surface area (TPSA) is 103 Å². The van der Waals surface area contributed by atoms with Gasteiger partial charge in [0.25, 0.3) is 5.56 Å². The predicted octanol–water partition coefficient (Wildman–Crippen LogP) is 2.84. The van der Waals surface area contributed by atoms with Crippen LogP contribution in [0.5, 0.6) is 0 Å². The molecule has 5 rings (SSSR count). The molecule has 0 saturated heterocycles. The summed E-state index contributed by atoms with van der Waals surface area (Å²) in [5, 5.41) is 13.5. The first kappa shape index (κ1) is 19.6. The molecule has 0 saturated carbocycles. The number of carbonyl (C=O) groups is 1. The summed E-state index contributed by atoms with van der Waals surface area (Å²) in [4.78, 5) is 29.8. The summed E-state index contributed by atoms with van der Waals surface area (Å²) in [7, 11) is 0. The van der Waals surface area contributed by atoms with Gasteiger partial charge in [-0.25, -0.2) is 4.68 Å². The Labute approximate surface area is 182 Å². The second-order valence-corrected chi connectivity index (χ2v) is 7.36. The summed E-state index contributed by atoms with van der Waals surface area (Å²) in [5.74, 6) is -0.211. The van der Waals surface area contributed by atoms with Gasteiger partial charge in [-0.05, 0) is 30.3 Å². The largest absolute Gasteiger partial charge is 0.356 e. The van der Waals surface area contributed by atoms with Crippen molar-refractivity contribution in [1.82, 2.24) is 25.2 Å². The van der Waals surface area contributed by atoms with Crippen molar-refractivity contribution in [2.45, 2.75) is 19.5 Å². The highest BCUT2D eigenvalue weighted by Gasteiger charge is 2.15. The molecular formula is C24H19N5O3. The lowest BCUT2D eigenvalue weighted by Gasteiger charge is -2.11. The third kappa shape index (κ3) is 3.85. The molecule has 1 N–H and O–H groups in total. The lowest BCUT2D eigenvalue weighted by molar-refractivity contribution is -0.120. The average Bonchev–Trinajstić information content (AvgIpc) is 3.23. The van der Waals surface area contributed by atoms with Gasteiger partial charge in [-0.3, -0.25) is 14.6 Å². The summed E-state index contributed by atoms with van der Waals surface area (Å²) < 4.78 is 6.66. The van der Waals surface area contributed by atoms with E-state index in [4.69, 9.17) is 4.52 Å². The van der Waals surface area contributed by atoms with Crippen LogP contribution in [-0.2, 0) is 24.3 Å². The molecule has 0 unspecified atom stereocenters. The number of para-hydroxylation sites is 1. The van der Waals surface area contributed by atoms with Crippen LogP contribution in [0.1, 0.15) is 17.1 Å². The maximum absolute atomic E-state index is 12.9. The van der Waals surface area contributed by atoms with Crippen molar-refractivity contribution in [3.05, 3.63) is 100 Å². The lowest BCUT2D eigenvalue weighted by atomic mass is 10.1. The van der Waals surface area contributed by atoms with Crippen LogP contribution in [0.4, 0.5) is 0 Å². The molecule has 32 heavy (non-hydrogen) atoms. The molecule has 0 spiro atoms. The molecule has 3 heterocycles. The second kappa shape index (κ2) is 8.43. The third-order valence-corrected chi connectivity index (χ3v) is 5.22. The Balaban J connectivity index is 1.40. The number of amides is 1. The molecule has 0 atom stereocenters. The minimum Gasteiger partial charge on any atom is -0.356 e. The maximum atomic E-state index is 12.9. The monoisotopic (exact) mass is 425 g/mol. The summed E-state index contributed by atoms with van der Waals surface area (Å²) in [5.41, 5.74) is 2.36. The van der Waals surface area contributed by atoms with Crippen molar-refractivity contribution < 1.29 is 9.32 Å². The van der Waals surface area contributed by atoms with E-state index in [0.29, 0.717) is 27.7 Å². The van der Waals surface area contributed by atoms with Gasteiger partial charge < -0.3 is 9.84 Å². The van der Waals surface area contributed by atoms with Gasteiger partial charge in [0.05, 0.1) is 36.3 Å². The zero-order valence-corrected chi connectivity index (χ0v) is 17.1. The second-order valence-electron chi connectivity index (χ2n) is 7.36. The third-order valence-electron chi connectivity index (χ3n) is 5.22. The normalized spacial score (nSPS) is 11.1. The Bertz CT molecular complexity index is 1470. The number of hydrogen-bond acceptors (Lipinski definition) is 6. The van der Waals surface area contributed by atoms with Crippen LogP contribution in [0.25, 0.3) is 21.7 Å². The molecule has 1 amide bonds. The molecule has 158 valence electrons. The maximum Gasteiger partial charge on any atom is 0.275 e. The quantitative estimate of drug-likeness (QED) is 0.449. The van der Waals surface area contributed by atoms with Crippen LogP contribution in [0, 0.1) is 0 Å². The molecule has 0 aliphatic carbocycles. The highest BCUT2D eigenvalue weighted by Crippen LogP contribution is 2.18. The Morgan fingerprint density at radius 1 is 0.906 bits per heavy atom. The number of pyridine rings is 1. The van der Waals surface area contributed by atoms with Crippen molar-refractivity contribution in [1.29, 1.82) is 0 Å². The number of benzene rings is 2. The van der Waals surface area contributed by atoms with Gasteiger partial charge in [-0.2, -0.15) is 5.10 Å². The molecule has 8 heteroatoms. The van der Waals surface area contributed by atoms with Crippen molar-refractivity contribution >= 4 is 27.6 Å². The molecule has 0 bridgehead atoms. The Kier molecular flexibility index (Phi) is 5.17. The molecule has 2 aromatic carbocycles. The van der Waals surface area contributed by atoms with Crippen LogP contribution in [0.2, 0.25) is 0 Å². The first-order valence-electron chi connectivity index (χ1n) is 10.2. The Hall–Kier alpha value is -4.33. The smallest absolute Gasteiger partial charge is 0.275 e. The minimum absolute atomic E-state index is 0.0858. The van der Waals surface area contributed by atoms with E-state index in [0.717, 1.165) is 11.1 Å². The van der Waals surface area contributed by atoms with Gasteiger partial charge in [0, 0.05) is 17.0 Å². The van der Waals surface area contributed by atoms with Crippen molar-refractivity contribution in [3.63, 3.8) is 0 Å². The molecule has 8 nitrogen and oxygen atoms in total. The number of rotatable bonds is 6. The molecule has 0 radical (unpaired) electrons. The summed E-state index contributed by atoms with van der Waals surface area (Å²) >= 11 is 0. The van der Waals surface area contributed by atoms with E-state index >= 15 is 0 Å². The first-order chi connectivity index (χ1) is 15.7. The van der Waals surface area contributed by atoms with Crippen molar-refractivity contribution in [3.8, 4) is 0 Å². The highest BCUT2D eigenvalue weighted by atomic mass is 16.5. The number of nitrogens with one attached hydrogen (secondary N) is 1. The van der Waals surface area contributed by atoms with Gasteiger partial charge in [0.15, 0.2) is 5.58 Å². The molecule has 5 aromatic rings. The number of aromatic nitrogens is 4. The summed E-state index contributed by atoms with van der Waals surface area (Å²) in [6, 6.07) is 20.2. The number of carbonyl (C=O) groups excluding carboxylic acids is 1. The van der Waals surface area contributed by atoms with Crippen LogP contribution >= 0.6 is 0 Å². The van der Waals surface area contributed by atoms with Crippen LogP contribution in [0.3, 0.4) is 0 Å². The Morgan fingerprint density at radius 3 is 2.47 bits per heavy atom. The van der Waals surface area contributed by atoms with E-state index in [2.05, 4.69) is 20.6 Å². The molecular weight excluding hydrogens is 406 g/mol. The molecule has 0 fully saturated rings. The van der Waals surface area contributed by atoms with Crippen molar-refractivity contribution in [2.75, 3.05) is 0 Å². The fourth-order valence-corrected chi connectivity index (χ4v) is 3.65. The van der Waals surface area contributed by atoms with E-state index < -0.39 is 0 Å². The van der Waals surface area contributed by atoms with Crippen LogP contribution in [0.15, 0.2) is 82.2 Å². The highest BCUT2D eigenvalue weighted by molar-refractivity contribution is 5.87. The summed E-state index contributed by atoms with van der Waals surface area (Å²) in [6.45, 7) is 0.425. The summed E-state index contributed by atoms with van der Waals surface area (Å²) in [6.07, 6.45) is 1.76. The fraction of sp³-hybridized carbons (Fsp3) is 0.125. The zero-order valence-electron chi connectivity index (χ0n) is 17.1. The molecule has 0 aliphatic rings. The predicted molar refractivity (Wildman–Crippen MR) is 119 cm³/mol. The molecule has 0 aliphatic heterocycles. The molecule has 3 aromatic heterocycles. The number of fused-ring (bicyclic) bond motifs is 2. The van der Waals surface area contributed by atoms with Crippen LogP contribution in [-0.4, -0.2) is 25.8 Å². The first-order valence-corrected chi connectivity index (χ1v) is 10.2. The van der Waals surface area contributed by atoms with E-state index in [-0.39, 0.29) is 31.0 Å². The lowest BCUT2D eigenvalue weighted by Crippen LogP contribution is -2.29. The zero-order chi connectivity index (χ0) is 21.9. The van der Waals surface area contributed by atoms with E-state index in [9.17, 15) is 9.59 Å². The Morgan fingerprint density at radius 2 is 1.66 bits per heavy atom. The van der Waals surface area contributed by atoms with Gasteiger partial charge in [-0.15, -0.1) is 0 Å². The fourth-order valence-electron chi connectivity index (χ4n) is 3.65. The number of nitrogens with zero attached hydrogens (tertiary/aromatic N) is 4. The van der Waals surface area contributed by atoms with E-state index in [1.165, 1.54) is 4.68 Å². The SMILES string of the molecule is O=C(Cc1noc2ccccc12)NCc1nn(Cc2ccccn2)c(=O)c2ccccc12. The standard InChI is InChI=1S/C24H19N5O3/c30-23(13-20-19-10-3-4-11-22(19)32-28-20)26-14-21-17-8-1-2-9-18(17)24(31)29(27-21)15-16-7-5-6-12-25-16/h1-12H,13-15H2,(H,26,30).